The molecule has 1 atom stereocenters. The van der Waals surface area contributed by atoms with Gasteiger partial charge in [-0.15, -0.1) is 0 Å². The van der Waals surface area contributed by atoms with E-state index in [1.807, 2.05) is 31.2 Å². The summed E-state index contributed by atoms with van der Waals surface area (Å²) in [5.41, 5.74) is 8.69. The minimum atomic E-state index is 0.0125. The highest BCUT2D eigenvalue weighted by atomic mass is 16.1. The normalized spacial score (nSPS) is 21.3. The van der Waals surface area contributed by atoms with Gasteiger partial charge in [0.05, 0.1) is 0 Å². The number of carbonyl (C=O) groups is 1. The smallest absolute Gasteiger partial charge is 0.164 e. The van der Waals surface area contributed by atoms with Crippen molar-refractivity contribution in [1.29, 1.82) is 0 Å². The van der Waals surface area contributed by atoms with Crippen molar-refractivity contribution in [1.82, 2.24) is 0 Å². The summed E-state index contributed by atoms with van der Waals surface area (Å²) in [6, 6.07) is 8.06. The molecule has 0 bridgehead atoms. The van der Waals surface area contributed by atoms with Crippen LogP contribution in [0.3, 0.4) is 0 Å². The SMILES string of the molecule is Cc1ccccc1C1CCC(N)=CC1=O. The fourth-order valence-corrected chi connectivity index (χ4v) is 2.10. The van der Waals surface area contributed by atoms with E-state index in [1.165, 1.54) is 5.56 Å². The Bertz CT molecular complexity index is 420. The Morgan fingerprint density at radius 2 is 2.07 bits per heavy atom. The van der Waals surface area contributed by atoms with Crippen molar-refractivity contribution < 1.29 is 4.79 Å². The molecule has 2 N–H and O–H groups in total. The van der Waals surface area contributed by atoms with Crippen molar-refractivity contribution in [3.63, 3.8) is 0 Å². The van der Waals surface area contributed by atoms with Gasteiger partial charge in [0.1, 0.15) is 0 Å². The molecule has 0 saturated heterocycles. The lowest BCUT2D eigenvalue weighted by Gasteiger charge is -2.20. The van der Waals surface area contributed by atoms with Crippen LogP contribution in [-0.2, 0) is 4.79 Å². The van der Waals surface area contributed by atoms with Gasteiger partial charge in [-0.1, -0.05) is 24.3 Å². The third kappa shape index (κ3) is 1.94. The van der Waals surface area contributed by atoms with E-state index in [-0.39, 0.29) is 11.7 Å². The van der Waals surface area contributed by atoms with Crippen LogP contribution in [0.1, 0.15) is 29.9 Å². The molecule has 1 aliphatic rings. The van der Waals surface area contributed by atoms with Crippen molar-refractivity contribution in [3.05, 3.63) is 47.2 Å². The number of benzene rings is 1. The molecule has 0 saturated carbocycles. The van der Waals surface area contributed by atoms with Gasteiger partial charge in [-0.2, -0.15) is 0 Å². The molecule has 15 heavy (non-hydrogen) atoms. The molecule has 0 fully saturated rings. The van der Waals surface area contributed by atoms with E-state index in [4.69, 9.17) is 5.73 Å². The van der Waals surface area contributed by atoms with Gasteiger partial charge in [0.25, 0.3) is 0 Å². The highest BCUT2D eigenvalue weighted by Crippen LogP contribution is 2.29. The molecule has 1 aromatic rings. The predicted octanol–water partition coefficient (Wildman–Crippen LogP) is 2.28. The molecule has 1 aromatic carbocycles. The number of hydrogen-bond acceptors (Lipinski definition) is 2. The molecule has 2 heteroatoms. The van der Waals surface area contributed by atoms with Gasteiger partial charge in [-0.05, 0) is 30.9 Å². The van der Waals surface area contributed by atoms with Crippen LogP contribution in [0.25, 0.3) is 0 Å². The summed E-state index contributed by atoms with van der Waals surface area (Å²) in [5, 5.41) is 0. The summed E-state index contributed by atoms with van der Waals surface area (Å²) in [7, 11) is 0. The Kier molecular flexibility index (Phi) is 2.58. The first kappa shape index (κ1) is 9.97. The van der Waals surface area contributed by atoms with Crippen molar-refractivity contribution in [3.8, 4) is 0 Å². The van der Waals surface area contributed by atoms with Crippen molar-refractivity contribution in [2.45, 2.75) is 25.7 Å². The van der Waals surface area contributed by atoms with E-state index in [9.17, 15) is 4.79 Å². The second-order valence-electron chi connectivity index (χ2n) is 4.07. The standard InChI is InChI=1S/C13H15NO/c1-9-4-2-3-5-11(9)12-7-6-10(14)8-13(12)15/h2-5,8,12H,6-7,14H2,1H3. The molecule has 0 spiro atoms. The fourth-order valence-electron chi connectivity index (χ4n) is 2.10. The van der Waals surface area contributed by atoms with E-state index in [0.717, 1.165) is 18.4 Å². The molecule has 0 amide bonds. The lowest BCUT2D eigenvalue weighted by atomic mass is 9.84. The number of nitrogens with two attached hydrogens (primary N) is 1. The fraction of sp³-hybridized carbons (Fsp3) is 0.308. The predicted molar refractivity (Wildman–Crippen MR) is 60.4 cm³/mol. The molecular weight excluding hydrogens is 186 g/mol. The molecule has 2 nitrogen and oxygen atoms in total. The molecular formula is C13H15NO. The molecule has 0 aliphatic heterocycles. The number of allylic oxidation sites excluding steroid dienone is 2. The van der Waals surface area contributed by atoms with Crippen LogP contribution < -0.4 is 5.73 Å². The van der Waals surface area contributed by atoms with Gasteiger partial charge in [0.15, 0.2) is 5.78 Å². The summed E-state index contributed by atoms with van der Waals surface area (Å²) in [6.07, 6.45) is 3.25. The Hall–Kier alpha value is -1.57. The molecule has 2 rings (SSSR count). The van der Waals surface area contributed by atoms with Crippen molar-refractivity contribution in [2.75, 3.05) is 0 Å². The zero-order valence-electron chi connectivity index (χ0n) is 8.86. The van der Waals surface area contributed by atoms with E-state index in [2.05, 4.69) is 0 Å². The Morgan fingerprint density at radius 3 is 2.73 bits per heavy atom. The van der Waals surface area contributed by atoms with Gasteiger partial charge in [-0.25, -0.2) is 0 Å². The number of hydrogen-bond donors (Lipinski definition) is 1. The van der Waals surface area contributed by atoms with Crippen molar-refractivity contribution >= 4 is 5.78 Å². The Balaban J connectivity index is 2.34. The zero-order valence-corrected chi connectivity index (χ0v) is 8.86. The van der Waals surface area contributed by atoms with Crippen LogP contribution >= 0.6 is 0 Å². The Morgan fingerprint density at radius 1 is 1.33 bits per heavy atom. The largest absolute Gasteiger partial charge is 0.402 e. The summed E-state index contributed by atoms with van der Waals surface area (Å²) in [6.45, 7) is 2.05. The van der Waals surface area contributed by atoms with E-state index in [1.54, 1.807) is 6.08 Å². The van der Waals surface area contributed by atoms with Gasteiger partial charge in [0.2, 0.25) is 0 Å². The number of rotatable bonds is 1. The third-order valence-corrected chi connectivity index (χ3v) is 2.96. The molecule has 0 heterocycles. The minimum Gasteiger partial charge on any atom is -0.402 e. The van der Waals surface area contributed by atoms with E-state index in [0.29, 0.717) is 5.70 Å². The van der Waals surface area contributed by atoms with Crippen LogP contribution in [-0.4, -0.2) is 5.78 Å². The van der Waals surface area contributed by atoms with Crippen LogP contribution in [0.4, 0.5) is 0 Å². The van der Waals surface area contributed by atoms with Gasteiger partial charge in [0, 0.05) is 17.7 Å². The third-order valence-electron chi connectivity index (χ3n) is 2.96. The topological polar surface area (TPSA) is 43.1 Å². The minimum absolute atomic E-state index is 0.0125. The number of aryl methyl sites for hydroxylation is 1. The maximum atomic E-state index is 11.8. The van der Waals surface area contributed by atoms with Crippen LogP contribution in [0.5, 0.6) is 0 Å². The van der Waals surface area contributed by atoms with E-state index >= 15 is 0 Å². The van der Waals surface area contributed by atoms with Crippen molar-refractivity contribution in [2.24, 2.45) is 5.73 Å². The van der Waals surface area contributed by atoms with Gasteiger partial charge < -0.3 is 5.73 Å². The van der Waals surface area contributed by atoms with Crippen LogP contribution in [0, 0.1) is 6.92 Å². The number of carbonyl (C=O) groups excluding carboxylic acids is 1. The lowest BCUT2D eigenvalue weighted by molar-refractivity contribution is -0.116. The second-order valence-corrected chi connectivity index (χ2v) is 4.07. The monoisotopic (exact) mass is 201 g/mol. The van der Waals surface area contributed by atoms with Crippen LogP contribution in [0.15, 0.2) is 36.0 Å². The quantitative estimate of drug-likeness (QED) is 0.757. The molecule has 78 valence electrons. The summed E-state index contributed by atoms with van der Waals surface area (Å²) >= 11 is 0. The summed E-state index contributed by atoms with van der Waals surface area (Å²) < 4.78 is 0. The number of ketones is 1. The highest BCUT2D eigenvalue weighted by Gasteiger charge is 2.23. The average Bonchev–Trinajstić information content (AvgIpc) is 2.20. The zero-order chi connectivity index (χ0) is 10.8. The highest BCUT2D eigenvalue weighted by molar-refractivity contribution is 5.96. The molecule has 0 radical (unpaired) electrons. The van der Waals surface area contributed by atoms with Crippen LogP contribution in [0.2, 0.25) is 0 Å². The summed E-state index contributed by atoms with van der Waals surface area (Å²) in [4.78, 5) is 11.8. The molecule has 0 aromatic heterocycles. The van der Waals surface area contributed by atoms with Gasteiger partial charge in [-0.3, -0.25) is 4.79 Å². The molecule has 1 aliphatic carbocycles. The van der Waals surface area contributed by atoms with Gasteiger partial charge >= 0.3 is 0 Å². The summed E-state index contributed by atoms with van der Waals surface area (Å²) in [5.74, 6) is 0.159. The lowest BCUT2D eigenvalue weighted by Crippen LogP contribution is -2.19. The first-order chi connectivity index (χ1) is 7.18. The maximum absolute atomic E-state index is 11.8. The van der Waals surface area contributed by atoms with E-state index < -0.39 is 0 Å². The second kappa shape index (κ2) is 3.89. The first-order valence-corrected chi connectivity index (χ1v) is 5.24. The first-order valence-electron chi connectivity index (χ1n) is 5.24. The average molecular weight is 201 g/mol. The Labute approximate surface area is 89.8 Å². The molecule has 1 unspecified atom stereocenters. The maximum Gasteiger partial charge on any atom is 0.164 e.